The zero-order valence-electron chi connectivity index (χ0n) is 12.9. The molecule has 1 aliphatic rings. The second kappa shape index (κ2) is 5.88. The molecule has 0 spiro atoms. The van der Waals surface area contributed by atoms with Crippen LogP contribution in [-0.2, 0) is 10.8 Å². The van der Waals surface area contributed by atoms with Crippen molar-refractivity contribution in [3.05, 3.63) is 41.8 Å². The van der Waals surface area contributed by atoms with Crippen molar-refractivity contribution in [3.8, 4) is 11.3 Å². The summed E-state index contributed by atoms with van der Waals surface area (Å²) in [4.78, 5) is 14.2. The summed E-state index contributed by atoms with van der Waals surface area (Å²) in [5.74, 6) is 0.287. The smallest absolute Gasteiger partial charge is 0.276 e. The third-order valence-corrected chi connectivity index (χ3v) is 5.79. The summed E-state index contributed by atoms with van der Waals surface area (Å²) in [5, 5.41) is 3.82. The van der Waals surface area contributed by atoms with E-state index in [1.54, 1.807) is 23.1 Å². The van der Waals surface area contributed by atoms with Gasteiger partial charge in [-0.1, -0.05) is 5.16 Å². The van der Waals surface area contributed by atoms with Crippen LogP contribution in [0.5, 0.6) is 0 Å². The number of benzene rings is 1. The van der Waals surface area contributed by atoms with Crippen LogP contribution in [-0.4, -0.2) is 43.8 Å². The van der Waals surface area contributed by atoms with Crippen molar-refractivity contribution in [2.24, 2.45) is 0 Å². The highest BCUT2D eigenvalue weighted by molar-refractivity contribution is 7.86. The summed E-state index contributed by atoms with van der Waals surface area (Å²) in [6, 6.07) is 7.33. The summed E-state index contributed by atoms with van der Waals surface area (Å²) in [5.41, 5.74) is 0.853. The maximum absolute atomic E-state index is 13.0. The van der Waals surface area contributed by atoms with Crippen LogP contribution >= 0.6 is 0 Å². The number of carbonyl (C=O) groups excluding carboxylic acids is 1. The Morgan fingerprint density at radius 1 is 1.35 bits per heavy atom. The standard InChI is InChI=1S/C16H17FN2O3S/c1-16(2)10-19(7-8-23(16)21)15(20)13-9-14(22-18-13)11-3-5-12(17)6-4-11/h3-6,9H,7-8,10H2,1-2H3/t23-/m0/s1. The molecule has 0 bridgehead atoms. The largest absolute Gasteiger partial charge is 0.355 e. The van der Waals surface area contributed by atoms with Crippen LogP contribution in [0.2, 0.25) is 0 Å². The molecule has 3 rings (SSSR count). The monoisotopic (exact) mass is 336 g/mol. The minimum absolute atomic E-state index is 0.202. The van der Waals surface area contributed by atoms with E-state index >= 15 is 0 Å². The third-order valence-electron chi connectivity index (χ3n) is 3.88. The summed E-state index contributed by atoms with van der Waals surface area (Å²) in [6.07, 6.45) is 0. The van der Waals surface area contributed by atoms with Crippen LogP contribution < -0.4 is 0 Å². The van der Waals surface area contributed by atoms with Gasteiger partial charge < -0.3 is 9.42 Å². The molecule has 1 amide bonds. The number of amides is 1. The van der Waals surface area contributed by atoms with Crippen molar-refractivity contribution < 1.29 is 17.9 Å². The van der Waals surface area contributed by atoms with E-state index in [2.05, 4.69) is 5.16 Å². The summed E-state index contributed by atoms with van der Waals surface area (Å²) in [7, 11) is -0.944. The highest BCUT2D eigenvalue weighted by Crippen LogP contribution is 2.24. The number of carbonyl (C=O) groups is 1. The predicted molar refractivity (Wildman–Crippen MR) is 84.9 cm³/mol. The molecule has 1 fully saturated rings. The van der Waals surface area contributed by atoms with Gasteiger partial charge in [0.2, 0.25) is 0 Å². The fourth-order valence-electron chi connectivity index (χ4n) is 2.54. The third kappa shape index (κ3) is 3.19. The predicted octanol–water partition coefficient (Wildman–Crippen LogP) is 2.46. The lowest BCUT2D eigenvalue weighted by Crippen LogP contribution is -2.52. The van der Waals surface area contributed by atoms with Gasteiger partial charge in [0.1, 0.15) is 5.82 Å². The van der Waals surface area contributed by atoms with E-state index in [0.29, 0.717) is 30.2 Å². The van der Waals surface area contributed by atoms with Crippen molar-refractivity contribution in [2.45, 2.75) is 18.6 Å². The molecule has 7 heteroatoms. The number of aromatic nitrogens is 1. The second-order valence-electron chi connectivity index (χ2n) is 6.12. The van der Waals surface area contributed by atoms with Crippen LogP contribution in [0.25, 0.3) is 11.3 Å². The average molecular weight is 336 g/mol. The number of hydrogen-bond acceptors (Lipinski definition) is 4. The van der Waals surface area contributed by atoms with E-state index in [-0.39, 0.29) is 17.4 Å². The topological polar surface area (TPSA) is 63.4 Å². The molecular formula is C16H17FN2O3S. The molecule has 1 aromatic heterocycles. The zero-order chi connectivity index (χ0) is 16.6. The van der Waals surface area contributed by atoms with E-state index in [1.165, 1.54) is 12.1 Å². The molecule has 0 aliphatic carbocycles. The molecular weight excluding hydrogens is 319 g/mol. The maximum Gasteiger partial charge on any atom is 0.276 e. The Labute approximate surface area is 135 Å². The number of rotatable bonds is 2. The SMILES string of the molecule is CC1(C)CN(C(=O)c2cc(-c3ccc(F)cc3)on2)CC[S@@]1=O. The van der Waals surface area contributed by atoms with Crippen molar-refractivity contribution in [2.75, 3.05) is 18.8 Å². The zero-order valence-corrected chi connectivity index (χ0v) is 13.7. The summed E-state index contributed by atoms with van der Waals surface area (Å²) < 4.78 is 29.7. The lowest BCUT2D eigenvalue weighted by atomic mass is 10.1. The van der Waals surface area contributed by atoms with Crippen LogP contribution in [0.4, 0.5) is 4.39 Å². The van der Waals surface area contributed by atoms with Gasteiger partial charge in [0, 0.05) is 41.3 Å². The van der Waals surface area contributed by atoms with Crippen molar-refractivity contribution in [3.63, 3.8) is 0 Å². The quantitative estimate of drug-likeness (QED) is 0.845. The van der Waals surface area contributed by atoms with Gasteiger partial charge in [-0.3, -0.25) is 9.00 Å². The molecule has 0 saturated carbocycles. The highest BCUT2D eigenvalue weighted by Gasteiger charge is 2.36. The Kier molecular flexibility index (Phi) is 4.06. The van der Waals surface area contributed by atoms with Crippen molar-refractivity contribution in [1.29, 1.82) is 0 Å². The van der Waals surface area contributed by atoms with Gasteiger partial charge in [-0.2, -0.15) is 0 Å². The van der Waals surface area contributed by atoms with Crippen LogP contribution in [0.3, 0.4) is 0 Å². The first-order chi connectivity index (χ1) is 10.9. The summed E-state index contributed by atoms with van der Waals surface area (Å²) >= 11 is 0. The Morgan fingerprint density at radius 2 is 2.04 bits per heavy atom. The molecule has 2 heterocycles. The van der Waals surface area contributed by atoms with E-state index in [1.807, 2.05) is 13.8 Å². The van der Waals surface area contributed by atoms with Crippen molar-refractivity contribution >= 4 is 16.7 Å². The van der Waals surface area contributed by atoms with Crippen LogP contribution in [0.15, 0.2) is 34.9 Å². The first-order valence-electron chi connectivity index (χ1n) is 7.27. The summed E-state index contributed by atoms with van der Waals surface area (Å²) in [6.45, 7) is 4.62. The molecule has 2 aromatic rings. The molecule has 0 N–H and O–H groups in total. The number of hydrogen-bond donors (Lipinski definition) is 0. The molecule has 23 heavy (non-hydrogen) atoms. The molecule has 122 valence electrons. The van der Waals surface area contributed by atoms with Gasteiger partial charge in [0.15, 0.2) is 11.5 Å². The van der Waals surface area contributed by atoms with Gasteiger partial charge in [0.25, 0.3) is 5.91 Å². The molecule has 1 aliphatic heterocycles. The fourth-order valence-corrected chi connectivity index (χ4v) is 3.78. The van der Waals surface area contributed by atoms with Crippen LogP contribution in [0.1, 0.15) is 24.3 Å². The van der Waals surface area contributed by atoms with E-state index in [0.717, 1.165) is 0 Å². The van der Waals surface area contributed by atoms with Crippen molar-refractivity contribution in [1.82, 2.24) is 10.1 Å². The average Bonchev–Trinajstić information content (AvgIpc) is 3.00. The van der Waals surface area contributed by atoms with Crippen LogP contribution in [0, 0.1) is 5.82 Å². The lowest BCUT2D eigenvalue weighted by Gasteiger charge is -2.36. The Bertz CT molecular complexity index is 755. The number of halogens is 1. The second-order valence-corrected chi connectivity index (χ2v) is 8.32. The van der Waals surface area contributed by atoms with Gasteiger partial charge in [-0.05, 0) is 38.1 Å². The van der Waals surface area contributed by atoms with Gasteiger partial charge in [-0.15, -0.1) is 0 Å². The molecule has 5 nitrogen and oxygen atoms in total. The van der Waals surface area contributed by atoms with Gasteiger partial charge in [0.05, 0.1) is 4.75 Å². The minimum Gasteiger partial charge on any atom is -0.355 e. The Morgan fingerprint density at radius 3 is 2.70 bits per heavy atom. The Balaban J connectivity index is 1.79. The normalized spacial score (nSPS) is 20.5. The fraction of sp³-hybridized carbons (Fsp3) is 0.375. The first kappa shape index (κ1) is 15.9. The number of nitrogens with zero attached hydrogens (tertiary/aromatic N) is 2. The first-order valence-corrected chi connectivity index (χ1v) is 8.59. The molecule has 1 aromatic carbocycles. The van der Waals surface area contributed by atoms with E-state index < -0.39 is 15.5 Å². The molecule has 0 unspecified atom stereocenters. The highest BCUT2D eigenvalue weighted by atomic mass is 32.2. The molecule has 1 saturated heterocycles. The lowest BCUT2D eigenvalue weighted by molar-refractivity contribution is 0.0735. The van der Waals surface area contributed by atoms with Gasteiger partial charge >= 0.3 is 0 Å². The van der Waals surface area contributed by atoms with E-state index in [9.17, 15) is 13.4 Å². The molecule has 0 radical (unpaired) electrons. The Hall–Kier alpha value is -2.02. The minimum atomic E-state index is -0.944. The maximum atomic E-state index is 13.0. The molecule has 1 atom stereocenters. The van der Waals surface area contributed by atoms with Gasteiger partial charge in [-0.25, -0.2) is 4.39 Å². The van der Waals surface area contributed by atoms with E-state index in [4.69, 9.17) is 4.52 Å².